The highest BCUT2D eigenvalue weighted by molar-refractivity contribution is 5.96. The van der Waals surface area contributed by atoms with E-state index in [1.54, 1.807) is 0 Å². The fourth-order valence-corrected chi connectivity index (χ4v) is 4.09. The largest absolute Gasteiger partial charge is 0.454 e. The molecule has 1 heterocycles. The van der Waals surface area contributed by atoms with Crippen molar-refractivity contribution in [2.45, 2.75) is 44.6 Å². The van der Waals surface area contributed by atoms with Crippen LogP contribution in [-0.4, -0.2) is 48.4 Å². The number of piperidine rings is 1. The third kappa shape index (κ3) is 5.05. The zero-order chi connectivity index (χ0) is 19.2. The summed E-state index contributed by atoms with van der Waals surface area (Å²) in [6.07, 6.45) is 6.71. The summed E-state index contributed by atoms with van der Waals surface area (Å²) in [5.41, 5.74) is 0.121. The van der Waals surface area contributed by atoms with Gasteiger partial charge in [0.2, 0.25) is 0 Å². The molecule has 0 unspecified atom stereocenters. The number of halogens is 1. The Kier molecular flexibility index (Phi) is 6.42. The maximum atomic E-state index is 13.1. The quantitative estimate of drug-likeness (QED) is 0.800. The van der Waals surface area contributed by atoms with Crippen LogP contribution in [0.25, 0.3) is 0 Å². The summed E-state index contributed by atoms with van der Waals surface area (Å²) in [5, 5.41) is 2.37. The number of fused-ring (bicyclic) bond motifs is 1. The molecule has 1 saturated carbocycles. The number of hydrogen-bond donors (Lipinski definition) is 1. The molecule has 0 bridgehead atoms. The Morgan fingerprint density at radius 1 is 1.15 bits per heavy atom. The molecular formula is C20H25FN2O4. The standard InChI is InChI=1S/C20H25FN2O4/c21-16-8-3-6-15(11-16)20(26)22-12-19(25)27-13-18(24)23-10-4-7-14-5-1-2-9-17(14)23/h3,6,8,11,14,17H,1-2,4-5,7,9-10,12-13H2,(H,22,26)/t14-,17-/m1/s1. The average molecular weight is 376 g/mol. The number of amides is 2. The summed E-state index contributed by atoms with van der Waals surface area (Å²) < 4.78 is 18.1. The van der Waals surface area contributed by atoms with Crippen molar-refractivity contribution in [1.29, 1.82) is 0 Å². The molecule has 1 aliphatic heterocycles. The Labute approximate surface area is 158 Å². The lowest BCUT2D eigenvalue weighted by Gasteiger charge is -2.44. The lowest BCUT2D eigenvalue weighted by molar-refractivity contribution is -0.154. The molecule has 27 heavy (non-hydrogen) atoms. The minimum absolute atomic E-state index is 0.121. The number of esters is 1. The van der Waals surface area contributed by atoms with E-state index in [0.29, 0.717) is 12.5 Å². The third-order valence-corrected chi connectivity index (χ3v) is 5.40. The van der Waals surface area contributed by atoms with Gasteiger partial charge in [0.15, 0.2) is 6.61 Å². The average Bonchev–Trinajstić information content (AvgIpc) is 2.69. The second kappa shape index (κ2) is 8.97. The first-order valence-electron chi connectivity index (χ1n) is 9.53. The molecule has 1 saturated heterocycles. The number of nitrogens with one attached hydrogen (secondary N) is 1. The molecule has 3 rings (SSSR count). The van der Waals surface area contributed by atoms with Crippen LogP contribution in [-0.2, 0) is 14.3 Å². The first-order valence-corrected chi connectivity index (χ1v) is 9.53. The highest BCUT2D eigenvalue weighted by Crippen LogP contribution is 2.35. The molecule has 1 N–H and O–H groups in total. The van der Waals surface area contributed by atoms with E-state index in [0.717, 1.165) is 25.3 Å². The molecule has 0 aromatic heterocycles. The number of carbonyl (C=O) groups is 3. The van der Waals surface area contributed by atoms with Crippen molar-refractivity contribution in [3.63, 3.8) is 0 Å². The maximum absolute atomic E-state index is 13.1. The van der Waals surface area contributed by atoms with Gasteiger partial charge in [-0.25, -0.2) is 4.39 Å². The molecule has 1 aliphatic carbocycles. The van der Waals surface area contributed by atoms with Gasteiger partial charge in [-0.15, -0.1) is 0 Å². The van der Waals surface area contributed by atoms with Gasteiger partial charge in [-0.05, 0) is 49.8 Å². The van der Waals surface area contributed by atoms with Gasteiger partial charge in [0.25, 0.3) is 11.8 Å². The minimum Gasteiger partial charge on any atom is -0.454 e. The Balaban J connectivity index is 1.43. The lowest BCUT2D eigenvalue weighted by atomic mass is 9.78. The summed E-state index contributed by atoms with van der Waals surface area (Å²) in [5.74, 6) is -1.39. The first-order chi connectivity index (χ1) is 13.0. The second-order valence-electron chi connectivity index (χ2n) is 7.19. The molecule has 0 radical (unpaired) electrons. The summed E-state index contributed by atoms with van der Waals surface area (Å²) >= 11 is 0. The predicted octanol–water partition coefficient (Wildman–Crippen LogP) is 2.28. The van der Waals surface area contributed by atoms with Gasteiger partial charge in [-0.3, -0.25) is 14.4 Å². The zero-order valence-electron chi connectivity index (χ0n) is 15.3. The van der Waals surface area contributed by atoms with Crippen LogP contribution in [0.4, 0.5) is 4.39 Å². The number of carbonyl (C=O) groups excluding carboxylic acids is 3. The van der Waals surface area contributed by atoms with E-state index in [1.165, 1.54) is 37.5 Å². The smallest absolute Gasteiger partial charge is 0.325 e. The SMILES string of the molecule is O=C(CNC(=O)c1cccc(F)c1)OCC(=O)N1CCC[C@H]2CCCC[C@H]21. The van der Waals surface area contributed by atoms with Crippen molar-refractivity contribution < 1.29 is 23.5 Å². The van der Waals surface area contributed by atoms with E-state index in [4.69, 9.17) is 4.74 Å². The summed E-state index contributed by atoms with van der Waals surface area (Å²) in [6.45, 7) is 0.0421. The first kappa shape index (κ1) is 19.3. The fraction of sp³-hybridized carbons (Fsp3) is 0.550. The van der Waals surface area contributed by atoms with Crippen LogP contribution in [0.3, 0.4) is 0 Å². The predicted molar refractivity (Wildman–Crippen MR) is 96.4 cm³/mol. The Morgan fingerprint density at radius 2 is 1.93 bits per heavy atom. The molecule has 1 aromatic carbocycles. The molecule has 2 amide bonds. The monoisotopic (exact) mass is 376 g/mol. The van der Waals surface area contributed by atoms with Crippen LogP contribution in [0.15, 0.2) is 24.3 Å². The van der Waals surface area contributed by atoms with Crippen molar-refractivity contribution in [2.75, 3.05) is 19.7 Å². The normalized spacial score (nSPS) is 21.9. The van der Waals surface area contributed by atoms with Crippen molar-refractivity contribution in [2.24, 2.45) is 5.92 Å². The van der Waals surface area contributed by atoms with E-state index >= 15 is 0 Å². The molecule has 1 aromatic rings. The highest BCUT2D eigenvalue weighted by Gasteiger charge is 2.35. The van der Waals surface area contributed by atoms with E-state index in [-0.39, 0.29) is 30.7 Å². The van der Waals surface area contributed by atoms with E-state index in [1.807, 2.05) is 4.90 Å². The van der Waals surface area contributed by atoms with Gasteiger partial charge in [-0.1, -0.05) is 18.9 Å². The van der Waals surface area contributed by atoms with Gasteiger partial charge < -0.3 is 15.0 Å². The molecule has 7 heteroatoms. The molecule has 2 fully saturated rings. The number of likely N-dealkylation sites (tertiary alicyclic amines) is 1. The molecule has 146 valence electrons. The van der Waals surface area contributed by atoms with Crippen LogP contribution in [0.1, 0.15) is 48.9 Å². The van der Waals surface area contributed by atoms with Crippen LogP contribution < -0.4 is 5.32 Å². The summed E-state index contributed by atoms with van der Waals surface area (Å²) in [7, 11) is 0. The van der Waals surface area contributed by atoms with Crippen LogP contribution in [0, 0.1) is 11.7 Å². The number of rotatable bonds is 5. The Morgan fingerprint density at radius 3 is 2.74 bits per heavy atom. The maximum Gasteiger partial charge on any atom is 0.325 e. The van der Waals surface area contributed by atoms with Crippen molar-refractivity contribution >= 4 is 17.8 Å². The number of hydrogen-bond acceptors (Lipinski definition) is 4. The van der Waals surface area contributed by atoms with Crippen molar-refractivity contribution in [3.8, 4) is 0 Å². The molecule has 6 nitrogen and oxygen atoms in total. The van der Waals surface area contributed by atoms with Crippen molar-refractivity contribution in [3.05, 3.63) is 35.6 Å². The van der Waals surface area contributed by atoms with Crippen LogP contribution in [0.2, 0.25) is 0 Å². The van der Waals surface area contributed by atoms with E-state index in [2.05, 4.69) is 5.32 Å². The van der Waals surface area contributed by atoms with E-state index < -0.39 is 17.7 Å². The van der Waals surface area contributed by atoms with Crippen LogP contribution >= 0.6 is 0 Å². The van der Waals surface area contributed by atoms with Gasteiger partial charge in [0.05, 0.1) is 0 Å². The zero-order valence-corrected chi connectivity index (χ0v) is 15.3. The second-order valence-corrected chi connectivity index (χ2v) is 7.19. The third-order valence-electron chi connectivity index (χ3n) is 5.40. The number of benzene rings is 1. The Bertz CT molecular complexity index is 707. The summed E-state index contributed by atoms with van der Waals surface area (Å²) in [4.78, 5) is 38.1. The van der Waals surface area contributed by atoms with E-state index in [9.17, 15) is 18.8 Å². The molecular weight excluding hydrogens is 351 g/mol. The number of ether oxygens (including phenoxy) is 1. The lowest BCUT2D eigenvalue weighted by Crippen LogP contribution is -2.51. The van der Waals surface area contributed by atoms with Gasteiger partial charge >= 0.3 is 5.97 Å². The molecule has 0 spiro atoms. The molecule has 2 aliphatic rings. The van der Waals surface area contributed by atoms with Gasteiger partial charge in [0, 0.05) is 18.2 Å². The van der Waals surface area contributed by atoms with Crippen molar-refractivity contribution in [1.82, 2.24) is 10.2 Å². The van der Waals surface area contributed by atoms with Gasteiger partial charge in [0.1, 0.15) is 12.4 Å². The minimum atomic E-state index is -0.690. The highest BCUT2D eigenvalue weighted by atomic mass is 19.1. The van der Waals surface area contributed by atoms with Crippen LogP contribution in [0.5, 0.6) is 0 Å². The number of nitrogens with zero attached hydrogens (tertiary/aromatic N) is 1. The van der Waals surface area contributed by atoms with Gasteiger partial charge in [-0.2, -0.15) is 0 Å². The topological polar surface area (TPSA) is 75.7 Å². The molecule has 2 atom stereocenters. The summed E-state index contributed by atoms with van der Waals surface area (Å²) in [6, 6.07) is 5.45. The fourth-order valence-electron chi connectivity index (χ4n) is 4.09. The Hall–Kier alpha value is -2.44.